The van der Waals surface area contributed by atoms with E-state index in [4.69, 9.17) is 4.84 Å². The molecule has 2 amide bonds. The number of hydrogen-bond acceptors (Lipinski definition) is 4. The van der Waals surface area contributed by atoms with E-state index in [0.29, 0.717) is 18.0 Å². The molecule has 2 aromatic rings. The number of benzene rings is 2. The molecule has 2 heterocycles. The Morgan fingerprint density at radius 3 is 2.26 bits per heavy atom. The van der Waals surface area contributed by atoms with Gasteiger partial charge in [0.1, 0.15) is 5.82 Å². The van der Waals surface area contributed by atoms with Crippen LogP contribution in [0.25, 0.3) is 0 Å². The molecule has 0 unspecified atom stereocenters. The van der Waals surface area contributed by atoms with Gasteiger partial charge in [-0.3, -0.25) is 14.4 Å². The third-order valence-corrected chi connectivity index (χ3v) is 5.05. The Balaban J connectivity index is 1.69. The van der Waals surface area contributed by atoms with Crippen LogP contribution in [-0.2, 0) is 14.4 Å². The van der Waals surface area contributed by atoms with Gasteiger partial charge in [-0.1, -0.05) is 32.0 Å². The van der Waals surface area contributed by atoms with Crippen LogP contribution in [0, 0.1) is 17.7 Å². The number of carbonyl (C=O) groups excluding carboxylic acids is 2. The number of imide groups is 1. The van der Waals surface area contributed by atoms with Crippen LogP contribution in [0.4, 0.5) is 15.8 Å². The predicted molar refractivity (Wildman–Crippen MR) is 99.4 cm³/mol. The van der Waals surface area contributed by atoms with Crippen molar-refractivity contribution in [2.75, 3.05) is 9.96 Å². The summed E-state index contributed by atoms with van der Waals surface area (Å²) < 4.78 is 13.2. The third kappa shape index (κ3) is 3.00. The Bertz CT molecular complexity index is 853. The molecule has 0 radical (unpaired) electrons. The SMILES string of the molecule is CC(C)C[C@@H]1[C@H]2C(=O)N(c3ccc(F)cc3)C(=O)[C@@H]2ON1c1ccccc1. The lowest BCUT2D eigenvalue weighted by Crippen LogP contribution is -2.41. The Morgan fingerprint density at radius 2 is 1.63 bits per heavy atom. The number of carbonyl (C=O) groups is 2. The summed E-state index contributed by atoms with van der Waals surface area (Å²) in [6.07, 6.45) is -0.140. The molecule has 2 saturated heterocycles. The molecule has 2 aliphatic heterocycles. The van der Waals surface area contributed by atoms with Gasteiger partial charge in [0.15, 0.2) is 6.10 Å². The molecular formula is C21H21FN2O3. The highest BCUT2D eigenvalue weighted by atomic mass is 19.1. The number of amides is 2. The van der Waals surface area contributed by atoms with Crippen molar-refractivity contribution in [3.05, 3.63) is 60.4 Å². The molecule has 140 valence electrons. The van der Waals surface area contributed by atoms with Gasteiger partial charge in [-0.25, -0.2) is 14.4 Å². The Morgan fingerprint density at radius 1 is 0.963 bits per heavy atom. The number of hydroxylamine groups is 1. The van der Waals surface area contributed by atoms with E-state index in [9.17, 15) is 14.0 Å². The van der Waals surface area contributed by atoms with Crippen molar-refractivity contribution in [2.24, 2.45) is 11.8 Å². The summed E-state index contributed by atoms with van der Waals surface area (Å²) in [6.45, 7) is 4.16. The fourth-order valence-electron chi connectivity index (χ4n) is 3.89. The zero-order valence-electron chi connectivity index (χ0n) is 15.2. The molecule has 0 aromatic heterocycles. The highest BCUT2D eigenvalue weighted by Gasteiger charge is 2.59. The number of fused-ring (bicyclic) bond motifs is 1. The quantitative estimate of drug-likeness (QED) is 0.775. The van der Waals surface area contributed by atoms with E-state index in [2.05, 4.69) is 13.8 Å². The average Bonchev–Trinajstić information content (AvgIpc) is 3.13. The first-order valence-electron chi connectivity index (χ1n) is 9.12. The maximum Gasteiger partial charge on any atom is 0.266 e. The van der Waals surface area contributed by atoms with Crippen LogP contribution in [0.15, 0.2) is 54.6 Å². The van der Waals surface area contributed by atoms with Crippen LogP contribution in [0.5, 0.6) is 0 Å². The standard InChI is InChI=1S/C21H21FN2O3/c1-13(2)12-17-18-19(27-24(17)16-6-4-3-5-7-16)21(26)23(20(18)25)15-10-8-14(22)9-11-15/h3-11,13,17-19H,12H2,1-2H3/t17-,18-,19-/m1/s1. The lowest BCUT2D eigenvalue weighted by molar-refractivity contribution is -0.126. The predicted octanol–water partition coefficient (Wildman–Crippen LogP) is 3.55. The minimum absolute atomic E-state index is 0.237. The molecule has 0 spiro atoms. The normalized spacial score (nSPS) is 24.8. The molecule has 0 saturated carbocycles. The number of rotatable bonds is 4. The van der Waals surface area contributed by atoms with Crippen molar-refractivity contribution in [1.82, 2.24) is 0 Å². The fraction of sp³-hybridized carbons (Fsp3) is 0.333. The third-order valence-electron chi connectivity index (χ3n) is 5.05. The monoisotopic (exact) mass is 368 g/mol. The topological polar surface area (TPSA) is 49.9 Å². The summed E-state index contributed by atoms with van der Waals surface area (Å²) in [7, 11) is 0. The van der Waals surface area contributed by atoms with Crippen molar-refractivity contribution >= 4 is 23.2 Å². The molecule has 4 rings (SSSR count). The minimum atomic E-state index is -0.855. The van der Waals surface area contributed by atoms with Crippen LogP contribution in [0.1, 0.15) is 20.3 Å². The highest BCUT2D eigenvalue weighted by Crippen LogP contribution is 2.42. The van der Waals surface area contributed by atoms with Crippen molar-refractivity contribution in [2.45, 2.75) is 32.4 Å². The van der Waals surface area contributed by atoms with Gasteiger partial charge < -0.3 is 0 Å². The molecule has 6 heteroatoms. The summed E-state index contributed by atoms with van der Waals surface area (Å²) in [5.41, 5.74) is 1.20. The van der Waals surface area contributed by atoms with Crippen LogP contribution >= 0.6 is 0 Å². The molecule has 0 bridgehead atoms. The van der Waals surface area contributed by atoms with Gasteiger partial charge in [-0.05, 0) is 48.7 Å². The second-order valence-electron chi connectivity index (χ2n) is 7.40. The van der Waals surface area contributed by atoms with Gasteiger partial charge >= 0.3 is 0 Å². The molecule has 0 N–H and O–H groups in total. The Kier molecular flexibility index (Phi) is 4.44. The second kappa shape index (κ2) is 6.78. The maximum atomic E-state index is 13.2. The zero-order valence-corrected chi connectivity index (χ0v) is 15.2. The highest BCUT2D eigenvalue weighted by molar-refractivity contribution is 6.23. The van der Waals surface area contributed by atoms with Crippen molar-refractivity contribution in [3.8, 4) is 0 Å². The number of para-hydroxylation sites is 1. The van der Waals surface area contributed by atoms with Gasteiger partial charge in [-0.2, -0.15) is 0 Å². The first-order valence-corrected chi connectivity index (χ1v) is 9.12. The van der Waals surface area contributed by atoms with E-state index < -0.39 is 23.7 Å². The van der Waals surface area contributed by atoms with Crippen molar-refractivity contribution < 1.29 is 18.8 Å². The first-order chi connectivity index (χ1) is 13.0. The van der Waals surface area contributed by atoms with E-state index in [1.807, 2.05) is 30.3 Å². The van der Waals surface area contributed by atoms with Gasteiger partial charge in [0.25, 0.3) is 5.91 Å². The summed E-state index contributed by atoms with van der Waals surface area (Å²) in [5, 5.41) is 1.72. The van der Waals surface area contributed by atoms with Gasteiger partial charge in [0.2, 0.25) is 5.91 Å². The molecule has 0 aliphatic carbocycles. The smallest absolute Gasteiger partial charge is 0.266 e. The molecule has 3 atom stereocenters. The maximum absolute atomic E-state index is 13.2. The molecular weight excluding hydrogens is 347 g/mol. The average molecular weight is 368 g/mol. The van der Waals surface area contributed by atoms with E-state index in [-0.39, 0.29) is 11.9 Å². The Labute approximate surface area is 157 Å². The van der Waals surface area contributed by atoms with Crippen molar-refractivity contribution in [3.63, 3.8) is 0 Å². The minimum Gasteiger partial charge on any atom is -0.273 e. The number of hydrogen-bond donors (Lipinski definition) is 0. The van der Waals surface area contributed by atoms with E-state index in [1.54, 1.807) is 5.06 Å². The van der Waals surface area contributed by atoms with Crippen LogP contribution < -0.4 is 9.96 Å². The molecule has 2 aromatic carbocycles. The second-order valence-corrected chi connectivity index (χ2v) is 7.40. The van der Waals surface area contributed by atoms with Gasteiger partial charge in [-0.15, -0.1) is 0 Å². The number of nitrogens with zero attached hydrogens (tertiary/aromatic N) is 2. The number of halogens is 1. The fourth-order valence-corrected chi connectivity index (χ4v) is 3.89. The lowest BCUT2D eigenvalue weighted by Gasteiger charge is -2.29. The largest absolute Gasteiger partial charge is 0.273 e. The number of anilines is 2. The Hall–Kier alpha value is -2.73. The summed E-state index contributed by atoms with van der Waals surface area (Å²) >= 11 is 0. The summed E-state index contributed by atoms with van der Waals surface area (Å²) in [4.78, 5) is 33.2. The van der Waals surface area contributed by atoms with Gasteiger partial charge in [0.05, 0.1) is 23.3 Å². The molecule has 2 fully saturated rings. The van der Waals surface area contributed by atoms with Crippen molar-refractivity contribution in [1.29, 1.82) is 0 Å². The van der Waals surface area contributed by atoms with Crippen LogP contribution in [0.3, 0.4) is 0 Å². The molecule has 2 aliphatic rings. The van der Waals surface area contributed by atoms with Gasteiger partial charge in [0, 0.05) is 0 Å². The zero-order chi connectivity index (χ0) is 19.1. The van der Waals surface area contributed by atoms with Crippen LogP contribution in [0.2, 0.25) is 0 Å². The molecule has 27 heavy (non-hydrogen) atoms. The lowest BCUT2D eigenvalue weighted by atomic mass is 9.90. The van der Waals surface area contributed by atoms with Crippen LogP contribution in [-0.4, -0.2) is 24.0 Å². The van der Waals surface area contributed by atoms with E-state index in [1.165, 1.54) is 24.3 Å². The molecule has 5 nitrogen and oxygen atoms in total. The first kappa shape index (κ1) is 17.7. The summed E-state index contributed by atoms with van der Waals surface area (Å²) in [5.74, 6) is -1.36. The van der Waals surface area contributed by atoms with E-state index in [0.717, 1.165) is 10.6 Å². The van der Waals surface area contributed by atoms with E-state index >= 15 is 0 Å². The summed E-state index contributed by atoms with van der Waals surface area (Å²) in [6, 6.07) is 14.6.